The predicted molar refractivity (Wildman–Crippen MR) is 76.8 cm³/mol. The summed E-state index contributed by atoms with van der Waals surface area (Å²) in [4.78, 5) is 12.6. The molecule has 1 atom stereocenters. The van der Waals surface area contributed by atoms with Crippen LogP contribution >= 0.6 is 11.6 Å². The van der Waals surface area contributed by atoms with E-state index >= 15 is 0 Å². The van der Waals surface area contributed by atoms with Crippen molar-refractivity contribution >= 4 is 17.4 Å². The van der Waals surface area contributed by atoms with Gasteiger partial charge in [-0.15, -0.1) is 0 Å². The van der Waals surface area contributed by atoms with Gasteiger partial charge in [0, 0.05) is 16.7 Å². The normalized spacial score (nSPS) is 20.4. The molecule has 0 aliphatic carbocycles. The lowest BCUT2D eigenvalue weighted by atomic mass is 9.90. The maximum absolute atomic E-state index is 12.6. The number of rotatable bonds is 2. The molecule has 0 fully saturated rings. The van der Waals surface area contributed by atoms with Crippen LogP contribution in [0, 0.1) is 0 Å². The van der Waals surface area contributed by atoms with Crippen LogP contribution in [-0.4, -0.2) is 12.9 Å². The van der Waals surface area contributed by atoms with Crippen LogP contribution in [-0.2, 0) is 5.60 Å². The van der Waals surface area contributed by atoms with Crippen molar-refractivity contribution in [2.75, 3.05) is 7.11 Å². The van der Waals surface area contributed by atoms with Crippen molar-refractivity contribution in [2.24, 2.45) is 0 Å². The smallest absolute Gasteiger partial charge is 0.214 e. The molecule has 3 rings (SSSR count). The largest absolute Gasteiger partial charge is 0.497 e. The van der Waals surface area contributed by atoms with Crippen molar-refractivity contribution in [3.8, 4) is 11.5 Å². The maximum Gasteiger partial charge on any atom is 0.214 e. The molecule has 4 heteroatoms. The number of Topliss-reactive ketones (excluding diaryl/α,β-unsaturated/α-hetero) is 1. The number of fused-ring (bicyclic) bond motifs is 1. The molecule has 0 N–H and O–H groups in total. The van der Waals surface area contributed by atoms with Crippen LogP contribution in [0.5, 0.6) is 11.5 Å². The van der Waals surface area contributed by atoms with Crippen LogP contribution in [0.3, 0.4) is 0 Å². The second kappa shape index (κ2) is 4.53. The van der Waals surface area contributed by atoms with Crippen molar-refractivity contribution < 1.29 is 14.3 Å². The van der Waals surface area contributed by atoms with Crippen LogP contribution < -0.4 is 9.47 Å². The highest BCUT2D eigenvalue weighted by molar-refractivity contribution is 6.30. The first-order valence-corrected chi connectivity index (χ1v) is 6.60. The zero-order valence-electron chi connectivity index (χ0n) is 11.1. The summed E-state index contributed by atoms with van der Waals surface area (Å²) in [6.07, 6.45) is 0. The SMILES string of the molecule is COc1ccc2c(c1)OC(C)(c1ccc(Cl)cc1)C2=O. The number of carbonyl (C=O) groups excluding carboxylic acids is 1. The minimum Gasteiger partial charge on any atom is -0.497 e. The first-order valence-electron chi connectivity index (χ1n) is 6.22. The molecular formula is C16H13ClO3. The van der Waals surface area contributed by atoms with E-state index in [1.807, 2.05) is 12.1 Å². The summed E-state index contributed by atoms with van der Waals surface area (Å²) < 4.78 is 11.1. The summed E-state index contributed by atoms with van der Waals surface area (Å²) in [5.41, 5.74) is 0.338. The van der Waals surface area contributed by atoms with Crippen molar-refractivity contribution in [1.29, 1.82) is 0 Å². The Kier molecular flexibility index (Phi) is 2.94. The predicted octanol–water partition coefficient (Wildman–Crippen LogP) is 3.84. The van der Waals surface area contributed by atoms with Gasteiger partial charge in [0.25, 0.3) is 0 Å². The lowest BCUT2D eigenvalue weighted by molar-refractivity contribution is 0.0619. The molecule has 0 bridgehead atoms. The van der Waals surface area contributed by atoms with Gasteiger partial charge in [0.15, 0.2) is 5.60 Å². The fourth-order valence-corrected chi connectivity index (χ4v) is 2.51. The van der Waals surface area contributed by atoms with Crippen molar-refractivity contribution in [3.05, 3.63) is 58.6 Å². The molecule has 0 radical (unpaired) electrons. The van der Waals surface area contributed by atoms with E-state index in [1.165, 1.54) is 0 Å². The van der Waals surface area contributed by atoms with Crippen LogP contribution in [0.1, 0.15) is 22.8 Å². The van der Waals surface area contributed by atoms with E-state index in [-0.39, 0.29) is 5.78 Å². The first-order chi connectivity index (χ1) is 9.54. The number of benzene rings is 2. The Bertz CT molecular complexity index is 679. The molecule has 2 aromatic carbocycles. The molecule has 1 heterocycles. The zero-order chi connectivity index (χ0) is 14.3. The molecule has 1 aliphatic rings. The summed E-state index contributed by atoms with van der Waals surface area (Å²) in [5, 5.41) is 0.627. The molecule has 0 saturated carbocycles. The Morgan fingerprint density at radius 1 is 1.15 bits per heavy atom. The van der Waals surface area contributed by atoms with Crippen LogP contribution in [0.15, 0.2) is 42.5 Å². The minimum absolute atomic E-state index is 0.0579. The Balaban J connectivity index is 2.05. The van der Waals surface area contributed by atoms with Gasteiger partial charge in [-0.05, 0) is 31.2 Å². The lowest BCUT2D eigenvalue weighted by Gasteiger charge is -2.22. The molecule has 3 nitrogen and oxygen atoms in total. The van der Waals surface area contributed by atoms with Gasteiger partial charge in [-0.3, -0.25) is 4.79 Å². The molecule has 0 saturated heterocycles. The molecule has 0 amide bonds. The van der Waals surface area contributed by atoms with E-state index in [0.29, 0.717) is 22.1 Å². The summed E-state index contributed by atoms with van der Waals surface area (Å²) in [6, 6.07) is 12.3. The second-order valence-electron chi connectivity index (χ2n) is 4.83. The van der Waals surface area contributed by atoms with E-state index in [9.17, 15) is 4.79 Å². The highest BCUT2D eigenvalue weighted by atomic mass is 35.5. The third kappa shape index (κ3) is 1.86. The average molecular weight is 289 g/mol. The number of hydrogen-bond acceptors (Lipinski definition) is 3. The van der Waals surface area contributed by atoms with Gasteiger partial charge >= 0.3 is 0 Å². The third-order valence-corrected chi connectivity index (χ3v) is 3.83. The van der Waals surface area contributed by atoms with Gasteiger partial charge in [0.05, 0.1) is 12.7 Å². The number of ether oxygens (including phenoxy) is 2. The van der Waals surface area contributed by atoms with E-state index in [1.54, 1.807) is 44.4 Å². The highest BCUT2D eigenvalue weighted by Gasteiger charge is 2.45. The fourth-order valence-electron chi connectivity index (χ4n) is 2.38. The van der Waals surface area contributed by atoms with Gasteiger partial charge < -0.3 is 9.47 Å². The Labute approximate surface area is 122 Å². The molecular weight excluding hydrogens is 276 g/mol. The number of hydrogen-bond donors (Lipinski definition) is 0. The quantitative estimate of drug-likeness (QED) is 0.842. The van der Waals surface area contributed by atoms with Gasteiger partial charge in [-0.25, -0.2) is 0 Å². The van der Waals surface area contributed by atoms with Crippen molar-refractivity contribution in [1.82, 2.24) is 0 Å². The third-order valence-electron chi connectivity index (χ3n) is 3.58. The summed E-state index contributed by atoms with van der Waals surface area (Å²) >= 11 is 5.89. The van der Waals surface area contributed by atoms with Gasteiger partial charge in [0.1, 0.15) is 11.5 Å². The summed E-state index contributed by atoms with van der Waals surface area (Å²) in [5.74, 6) is 1.15. The van der Waals surface area contributed by atoms with Gasteiger partial charge in [-0.1, -0.05) is 23.7 Å². The molecule has 102 valence electrons. The number of methoxy groups -OCH3 is 1. The van der Waals surface area contributed by atoms with Crippen molar-refractivity contribution in [2.45, 2.75) is 12.5 Å². The van der Waals surface area contributed by atoms with E-state index in [2.05, 4.69) is 0 Å². The van der Waals surface area contributed by atoms with Crippen LogP contribution in [0.25, 0.3) is 0 Å². The van der Waals surface area contributed by atoms with E-state index < -0.39 is 5.60 Å². The lowest BCUT2D eigenvalue weighted by Crippen LogP contribution is -2.33. The summed E-state index contributed by atoms with van der Waals surface area (Å²) in [6.45, 7) is 1.77. The highest BCUT2D eigenvalue weighted by Crippen LogP contribution is 2.42. The monoisotopic (exact) mass is 288 g/mol. The Hall–Kier alpha value is -2.00. The van der Waals surface area contributed by atoms with E-state index in [0.717, 1.165) is 5.56 Å². The van der Waals surface area contributed by atoms with Crippen molar-refractivity contribution in [3.63, 3.8) is 0 Å². The molecule has 1 unspecified atom stereocenters. The number of ketones is 1. The molecule has 20 heavy (non-hydrogen) atoms. The van der Waals surface area contributed by atoms with Gasteiger partial charge in [-0.2, -0.15) is 0 Å². The van der Waals surface area contributed by atoms with E-state index in [4.69, 9.17) is 21.1 Å². The molecule has 2 aromatic rings. The number of halogens is 1. The standard InChI is InChI=1S/C16H13ClO3/c1-16(10-3-5-11(17)6-4-10)15(18)13-8-7-12(19-2)9-14(13)20-16/h3-9H,1-2H3. The first kappa shape index (κ1) is 13.0. The Morgan fingerprint density at radius 2 is 1.85 bits per heavy atom. The minimum atomic E-state index is -1.01. The topological polar surface area (TPSA) is 35.5 Å². The van der Waals surface area contributed by atoms with Crippen LogP contribution in [0.4, 0.5) is 0 Å². The maximum atomic E-state index is 12.6. The molecule has 0 spiro atoms. The average Bonchev–Trinajstić information content (AvgIpc) is 2.71. The second-order valence-corrected chi connectivity index (χ2v) is 5.27. The van der Waals surface area contributed by atoms with Crippen LogP contribution in [0.2, 0.25) is 5.02 Å². The molecule has 1 aliphatic heterocycles. The zero-order valence-corrected chi connectivity index (χ0v) is 11.9. The Morgan fingerprint density at radius 3 is 2.50 bits per heavy atom. The molecule has 0 aromatic heterocycles. The van der Waals surface area contributed by atoms with Gasteiger partial charge in [0.2, 0.25) is 5.78 Å². The number of carbonyl (C=O) groups is 1. The fraction of sp³-hybridized carbons (Fsp3) is 0.188. The summed E-state index contributed by atoms with van der Waals surface area (Å²) in [7, 11) is 1.58.